The summed E-state index contributed by atoms with van der Waals surface area (Å²) < 4.78 is 10.9. The van der Waals surface area contributed by atoms with E-state index in [1.54, 1.807) is 0 Å². The van der Waals surface area contributed by atoms with Crippen LogP contribution in [0.3, 0.4) is 0 Å². The highest BCUT2D eigenvalue weighted by atomic mass is 16.5. The molecule has 0 amide bonds. The molecular formula is C13H22N2O2. The summed E-state index contributed by atoms with van der Waals surface area (Å²) in [6.45, 7) is 8.08. The molecule has 0 bridgehead atoms. The fourth-order valence-corrected chi connectivity index (χ4v) is 1.46. The Kier molecular flexibility index (Phi) is 5.63. The number of nitrogens with two attached hydrogens (primary N) is 1. The summed E-state index contributed by atoms with van der Waals surface area (Å²) in [5, 5.41) is 3.23. The molecule has 0 aliphatic rings. The molecule has 0 unspecified atom stereocenters. The van der Waals surface area contributed by atoms with E-state index in [-0.39, 0.29) is 6.10 Å². The number of nitrogens with one attached hydrogen (secondary N) is 1. The zero-order chi connectivity index (χ0) is 12.7. The third-order valence-electron chi connectivity index (χ3n) is 2.19. The Labute approximate surface area is 103 Å². The Hall–Kier alpha value is -1.42. The summed E-state index contributed by atoms with van der Waals surface area (Å²) in [6.07, 6.45) is 0.121. The summed E-state index contributed by atoms with van der Waals surface area (Å²) in [4.78, 5) is 0. The monoisotopic (exact) mass is 238 g/mol. The van der Waals surface area contributed by atoms with Gasteiger partial charge >= 0.3 is 0 Å². The van der Waals surface area contributed by atoms with Crippen LogP contribution in [0.5, 0.6) is 5.75 Å². The molecule has 0 fully saturated rings. The first-order valence-electron chi connectivity index (χ1n) is 6.02. The van der Waals surface area contributed by atoms with E-state index in [4.69, 9.17) is 15.2 Å². The van der Waals surface area contributed by atoms with Crippen LogP contribution in [0.1, 0.15) is 20.8 Å². The zero-order valence-electron chi connectivity index (χ0n) is 10.8. The van der Waals surface area contributed by atoms with E-state index in [1.165, 1.54) is 0 Å². The lowest BCUT2D eigenvalue weighted by molar-refractivity contribution is 0.158. The summed E-state index contributed by atoms with van der Waals surface area (Å²) in [5.74, 6) is 0.724. The average Bonchev–Trinajstić information content (AvgIpc) is 2.28. The number of anilines is 2. The van der Waals surface area contributed by atoms with Crippen molar-refractivity contribution >= 4 is 11.4 Å². The number of para-hydroxylation sites is 1. The van der Waals surface area contributed by atoms with Crippen molar-refractivity contribution in [3.05, 3.63) is 18.2 Å². The highest BCUT2D eigenvalue weighted by Gasteiger charge is 2.06. The molecule has 0 aromatic heterocycles. The number of ether oxygens (including phenoxy) is 2. The first-order valence-corrected chi connectivity index (χ1v) is 6.02. The smallest absolute Gasteiger partial charge is 0.144 e. The van der Waals surface area contributed by atoms with Gasteiger partial charge in [0.15, 0.2) is 0 Å². The summed E-state index contributed by atoms with van der Waals surface area (Å²) in [6, 6.07) is 5.74. The van der Waals surface area contributed by atoms with E-state index in [0.29, 0.717) is 12.3 Å². The van der Waals surface area contributed by atoms with Crippen LogP contribution in [0.25, 0.3) is 0 Å². The maximum absolute atomic E-state index is 6.02. The van der Waals surface area contributed by atoms with E-state index in [1.807, 2.05) is 39.0 Å². The van der Waals surface area contributed by atoms with Crippen LogP contribution in [0.15, 0.2) is 18.2 Å². The summed E-state index contributed by atoms with van der Waals surface area (Å²) in [7, 11) is 0. The van der Waals surface area contributed by atoms with Crippen molar-refractivity contribution in [2.75, 3.05) is 30.8 Å². The van der Waals surface area contributed by atoms with Gasteiger partial charge in [0.2, 0.25) is 0 Å². The molecule has 4 heteroatoms. The minimum Gasteiger partial charge on any atom is -0.489 e. The number of nitrogen functional groups attached to an aromatic ring is 1. The van der Waals surface area contributed by atoms with Gasteiger partial charge in [-0.2, -0.15) is 0 Å². The molecule has 3 N–H and O–H groups in total. The van der Waals surface area contributed by atoms with Gasteiger partial charge in [0, 0.05) is 13.2 Å². The minimum atomic E-state index is 0.121. The van der Waals surface area contributed by atoms with E-state index < -0.39 is 0 Å². The molecule has 0 saturated heterocycles. The molecule has 0 heterocycles. The predicted octanol–water partition coefficient (Wildman–Crippen LogP) is 2.50. The Balaban J connectivity index is 2.59. The van der Waals surface area contributed by atoms with Gasteiger partial charge in [-0.25, -0.2) is 0 Å². The standard InChI is InChI=1S/C13H22N2O2/c1-4-16-9-8-15-11-6-5-7-12(13(11)14)17-10(2)3/h5-7,10,15H,4,8-9,14H2,1-3H3. The molecule has 1 aromatic rings. The number of rotatable bonds is 7. The van der Waals surface area contributed by atoms with Crippen LogP contribution in [0, 0.1) is 0 Å². The Morgan fingerprint density at radius 2 is 2.12 bits per heavy atom. The van der Waals surface area contributed by atoms with Crippen molar-refractivity contribution in [2.45, 2.75) is 26.9 Å². The van der Waals surface area contributed by atoms with Crippen molar-refractivity contribution in [3.8, 4) is 5.75 Å². The van der Waals surface area contributed by atoms with E-state index >= 15 is 0 Å². The van der Waals surface area contributed by atoms with Gasteiger partial charge in [-0.15, -0.1) is 0 Å². The largest absolute Gasteiger partial charge is 0.489 e. The Bertz CT molecular complexity index is 340. The van der Waals surface area contributed by atoms with Crippen LogP contribution in [-0.2, 0) is 4.74 Å². The van der Waals surface area contributed by atoms with Gasteiger partial charge in [0.05, 0.1) is 24.1 Å². The van der Waals surface area contributed by atoms with E-state index in [0.717, 1.165) is 24.6 Å². The molecule has 0 spiro atoms. The van der Waals surface area contributed by atoms with Crippen molar-refractivity contribution in [1.29, 1.82) is 0 Å². The van der Waals surface area contributed by atoms with Crippen LogP contribution in [0.4, 0.5) is 11.4 Å². The molecule has 96 valence electrons. The number of hydrogen-bond donors (Lipinski definition) is 2. The quantitative estimate of drug-likeness (QED) is 0.566. The van der Waals surface area contributed by atoms with Gasteiger partial charge in [-0.3, -0.25) is 0 Å². The lowest BCUT2D eigenvalue weighted by Gasteiger charge is -2.15. The molecule has 4 nitrogen and oxygen atoms in total. The molecule has 1 aromatic carbocycles. The molecular weight excluding hydrogens is 216 g/mol. The van der Waals surface area contributed by atoms with Gasteiger partial charge in [0.1, 0.15) is 5.75 Å². The average molecular weight is 238 g/mol. The third kappa shape index (κ3) is 4.53. The van der Waals surface area contributed by atoms with Crippen molar-refractivity contribution < 1.29 is 9.47 Å². The second-order valence-corrected chi connectivity index (χ2v) is 4.01. The van der Waals surface area contributed by atoms with Crippen LogP contribution in [-0.4, -0.2) is 25.9 Å². The Morgan fingerprint density at radius 1 is 1.35 bits per heavy atom. The van der Waals surface area contributed by atoms with E-state index in [9.17, 15) is 0 Å². The normalized spacial score (nSPS) is 10.6. The molecule has 1 rings (SSSR count). The van der Waals surface area contributed by atoms with Crippen molar-refractivity contribution in [1.82, 2.24) is 0 Å². The maximum Gasteiger partial charge on any atom is 0.144 e. The first-order chi connectivity index (χ1) is 8.15. The Morgan fingerprint density at radius 3 is 2.76 bits per heavy atom. The van der Waals surface area contributed by atoms with Gasteiger partial charge < -0.3 is 20.5 Å². The van der Waals surface area contributed by atoms with Crippen molar-refractivity contribution in [3.63, 3.8) is 0 Å². The highest BCUT2D eigenvalue weighted by Crippen LogP contribution is 2.29. The van der Waals surface area contributed by atoms with Crippen LogP contribution < -0.4 is 15.8 Å². The lowest BCUT2D eigenvalue weighted by Crippen LogP contribution is -2.12. The minimum absolute atomic E-state index is 0.121. The topological polar surface area (TPSA) is 56.5 Å². The predicted molar refractivity (Wildman–Crippen MR) is 71.6 cm³/mol. The third-order valence-corrected chi connectivity index (χ3v) is 2.19. The van der Waals surface area contributed by atoms with Gasteiger partial charge in [0.25, 0.3) is 0 Å². The van der Waals surface area contributed by atoms with Gasteiger partial charge in [-0.05, 0) is 32.9 Å². The number of benzene rings is 1. The summed E-state index contributed by atoms with van der Waals surface area (Å²) >= 11 is 0. The van der Waals surface area contributed by atoms with Gasteiger partial charge in [-0.1, -0.05) is 6.07 Å². The highest BCUT2D eigenvalue weighted by molar-refractivity contribution is 5.72. The first kappa shape index (κ1) is 13.6. The number of hydrogen-bond acceptors (Lipinski definition) is 4. The second kappa shape index (κ2) is 7.01. The van der Waals surface area contributed by atoms with Crippen LogP contribution in [0.2, 0.25) is 0 Å². The lowest BCUT2D eigenvalue weighted by atomic mass is 10.2. The molecule has 0 aliphatic carbocycles. The molecule has 0 radical (unpaired) electrons. The zero-order valence-corrected chi connectivity index (χ0v) is 10.8. The summed E-state index contributed by atoms with van der Waals surface area (Å²) in [5.41, 5.74) is 7.56. The second-order valence-electron chi connectivity index (χ2n) is 4.01. The SMILES string of the molecule is CCOCCNc1cccc(OC(C)C)c1N. The van der Waals surface area contributed by atoms with Crippen molar-refractivity contribution in [2.24, 2.45) is 0 Å². The fraction of sp³-hybridized carbons (Fsp3) is 0.538. The fourth-order valence-electron chi connectivity index (χ4n) is 1.46. The molecule has 0 atom stereocenters. The molecule has 17 heavy (non-hydrogen) atoms. The van der Waals surface area contributed by atoms with Crippen LogP contribution >= 0.6 is 0 Å². The molecule has 0 aliphatic heterocycles. The maximum atomic E-state index is 6.02. The van der Waals surface area contributed by atoms with E-state index in [2.05, 4.69) is 5.32 Å². The molecule has 0 saturated carbocycles.